The molecule has 1 aliphatic heterocycles. The van der Waals surface area contributed by atoms with E-state index in [0.29, 0.717) is 0 Å². The van der Waals surface area contributed by atoms with Gasteiger partial charge in [-0.05, 0) is 69.6 Å². The summed E-state index contributed by atoms with van der Waals surface area (Å²) in [7, 11) is 0. The topological polar surface area (TPSA) is 6.48 Å². The average molecular weight is 294 g/mol. The van der Waals surface area contributed by atoms with Gasteiger partial charge in [0.25, 0.3) is 0 Å². The van der Waals surface area contributed by atoms with Gasteiger partial charge >= 0.3 is 0 Å². The van der Waals surface area contributed by atoms with Gasteiger partial charge in [-0.3, -0.25) is 0 Å². The normalized spacial score (nSPS) is 15.1. The average Bonchev–Trinajstić information content (AvgIpc) is 3.10. The summed E-state index contributed by atoms with van der Waals surface area (Å²) in [5.41, 5.74) is 2.57. The van der Waals surface area contributed by atoms with Gasteiger partial charge in [0.05, 0.1) is 0 Å². The van der Waals surface area contributed by atoms with Crippen molar-refractivity contribution in [3.8, 4) is 0 Å². The van der Waals surface area contributed by atoms with Crippen molar-refractivity contribution < 1.29 is 0 Å². The Morgan fingerprint density at radius 2 is 1.27 bits per heavy atom. The van der Waals surface area contributed by atoms with Crippen LogP contribution in [0.4, 0.5) is 11.4 Å². The molecule has 0 radical (unpaired) electrons. The van der Waals surface area contributed by atoms with E-state index in [9.17, 15) is 0 Å². The quantitative estimate of drug-likeness (QED) is 0.683. The lowest BCUT2D eigenvalue weighted by atomic mass is 10.2. The number of unbranched alkanes of at least 4 members (excludes halogenated alkanes) is 1. The van der Waals surface area contributed by atoms with Crippen LogP contribution in [0.15, 0.2) is 60.7 Å². The largest absolute Gasteiger partial charge is 0.341 e. The number of hydrogen-bond donors (Lipinski definition) is 0. The number of nitrogens with zero attached hydrogens (tertiary/aromatic N) is 2. The first-order chi connectivity index (χ1) is 10.9. The molecule has 0 aromatic heterocycles. The number of benzene rings is 2. The van der Waals surface area contributed by atoms with Crippen molar-refractivity contribution in [2.24, 2.45) is 0 Å². The van der Waals surface area contributed by atoms with Crippen LogP contribution in [-0.2, 0) is 0 Å². The third-order valence-corrected chi connectivity index (χ3v) is 4.44. The van der Waals surface area contributed by atoms with Gasteiger partial charge in [0.15, 0.2) is 0 Å². The fourth-order valence-corrected chi connectivity index (χ4v) is 3.23. The van der Waals surface area contributed by atoms with E-state index in [1.807, 2.05) is 0 Å². The van der Waals surface area contributed by atoms with Crippen LogP contribution in [0.1, 0.15) is 25.7 Å². The van der Waals surface area contributed by atoms with Crippen molar-refractivity contribution in [3.05, 3.63) is 60.7 Å². The first kappa shape index (κ1) is 15.1. The van der Waals surface area contributed by atoms with E-state index in [0.717, 1.165) is 6.54 Å². The molecule has 2 aromatic rings. The maximum Gasteiger partial charge on any atom is 0.0410 e. The summed E-state index contributed by atoms with van der Waals surface area (Å²) in [5, 5.41) is 0. The zero-order valence-corrected chi connectivity index (χ0v) is 13.3. The van der Waals surface area contributed by atoms with Gasteiger partial charge in [-0.2, -0.15) is 0 Å². The Kier molecular flexibility index (Phi) is 5.49. The van der Waals surface area contributed by atoms with Gasteiger partial charge in [-0.1, -0.05) is 36.4 Å². The molecule has 0 N–H and O–H groups in total. The van der Waals surface area contributed by atoms with E-state index in [4.69, 9.17) is 0 Å². The van der Waals surface area contributed by atoms with E-state index in [-0.39, 0.29) is 0 Å². The number of anilines is 2. The van der Waals surface area contributed by atoms with Gasteiger partial charge in [-0.15, -0.1) is 0 Å². The van der Waals surface area contributed by atoms with Crippen LogP contribution in [0.25, 0.3) is 0 Å². The summed E-state index contributed by atoms with van der Waals surface area (Å²) in [4.78, 5) is 5.04. The van der Waals surface area contributed by atoms with Crippen LogP contribution in [0.3, 0.4) is 0 Å². The van der Waals surface area contributed by atoms with Crippen LogP contribution in [0, 0.1) is 0 Å². The highest BCUT2D eigenvalue weighted by atomic mass is 15.1. The molecular formula is C20H26N2. The molecule has 1 fully saturated rings. The second kappa shape index (κ2) is 8.00. The molecule has 0 amide bonds. The smallest absolute Gasteiger partial charge is 0.0410 e. The lowest BCUT2D eigenvalue weighted by Crippen LogP contribution is -2.23. The van der Waals surface area contributed by atoms with E-state index in [1.165, 1.54) is 56.7 Å². The molecule has 2 heteroatoms. The lowest BCUT2D eigenvalue weighted by molar-refractivity contribution is 0.331. The lowest BCUT2D eigenvalue weighted by Gasteiger charge is -2.25. The maximum absolute atomic E-state index is 2.61. The van der Waals surface area contributed by atoms with Crippen LogP contribution in [0.2, 0.25) is 0 Å². The molecule has 0 spiro atoms. The Morgan fingerprint density at radius 1 is 0.727 bits per heavy atom. The molecule has 0 saturated carbocycles. The number of likely N-dealkylation sites (tertiary alicyclic amines) is 1. The summed E-state index contributed by atoms with van der Waals surface area (Å²) >= 11 is 0. The molecule has 2 aromatic carbocycles. The Bertz CT molecular complexity index is 493. The number of rotatable bonds is 7. The number of hydrogen-bond acceptors (Lipinski definition) is 2. The van der Waals surface area contributed by atoms with E-state index >= 15 is 0 Å². The summed E-state index contributed by atoms with van der Waals surface area (Å²) in [6.07, 6.45) is 5.30. The van der Waals surface area contributed by atoms with Crippen molar-refractivity contribution >= 4 is 11.4 Å². The predicted octanol–water partition coefficient (Wildman–Crippen LogP) is 4.70. The Labute approximate surface area is 134 Å². The molecule has 22 heavy (non-hydrogen) atoms. The molecule has 0 unspecified atom stereocenters. The fraction of sp³-hybridized carbons (Fsp3) is 0.400. The van der Waals surface area contributed by atoms with E-state index in [1.54, 1.807) is 0 Å². The second-order valence-electron chi connectivity index (χ2n) is 6.08. The predicted molar refractivity (Wildman–Crippen MR) is 94.8 cm³/mol. The van der Waals surface area contributed by atoms with Gasteiger partial charge in [-0.25, -0.2) is 0 Å². The van der Waals surface area contributed by atoms with Gasteiger partial charge in [0, 0.05) is 17.9 Å². The standard InChI is InChI=1S/C20H26N2/c1-3-11-19(12-4-1)22(20-13-5-2-6-14-20)18-10-9-17-21-15-7-8-16-21/h1-6,11-14H,7-10,15-18H2. The Morgan fingerprint density at radius 3 is 1.82 bits per heavy atom. The SMILES string of the molecule is c1ccc(N(CCCCN2CCCC2)c2ccccc2)cc1. The van der Waals surface area contributed by atoms with Gasteiger partial charge < -0.3 is 9.80 Å². The van der Waals surface area contributed by atoms with Crippen LogP contribution in [-0.4, -0.2) is 31.1 Å². The Balaban J connectivity index is 1.59. The maximum atomic E-state index is 2.61. The second-order valence-corrected chi connectivity index (χ2v) is 6.08. The first-order valence-corrected chi connectivity index (χ1v) is 8.53. The van der Waals surface area contributed by atoms with Crippen molar-refractivity contribution in [1.82, 2.24) is 4.90 Å². The van der Waals surface area contributed by atoms with Crippen molar-refractivity contribution in [2.75, 3.05) is 31.1 Å². The van der Waals surface area contributed by atoms with Crippen LogP contribution in [0.5, 0.6) is 0 Å². The summed E-state index contributed by atoms with van der Waals surface area (Å²) in [6.45, 7) is 4.96. The Hall–Kier alpha value is -1.80. The molecule has 1 heterocycles. The molecular weight excluding hydrogens is 268 g/mol. The monoisotopic (exact) mass is 294 g/mol. The van der Waals surface area contributed by atoms with E-state index in [2.05, 4.69) is 70.5 Å². The summed E-state index contributed by atoms with van der Waals surface area (Å²) in [6, 6.07) is 21.5. The molecule has 3 rings (SSSR count). The molecule has 0 atom stereocenters. The van der Waals surface area contributed by atoms with Crippen LogP contribution >= 0.6 is 0 Å². The summed E-state index contributed by atoms with van der Waals surface area (Å²) < 4.78 is 0. The number of para-hydroxylation sites is 2. The zero-order valence-electron chi connectivity index (χ0n) is 13.3. The van der Waals surface area contributed by atoms with Crippen molar-refractivity contribution in [3.63, 3.8) is 0 Å². The first-order valence-electron chi connectivity index (χ1n) is 8.53. The van der Waals surface area contributed by atoms with Crippen LogP contribution < -0.4 is 4.90 Å². The minimum Gasteiger partial charge on any atom is -0.341 e. The van der Waals surface area contributed by atoms with Gasteiger partial charge in [0.1, 0.15) is 0 Å². The highest BCUT2D eigenvalue weighted by Gasteiger charge is 2.12. The minimum absolute atomic E-state index is 1.09. The molecule has 1 saturated heterocycles. The molecule has 2 nitrogen and oxygen atoms in total. The third-order valence-electron chi connectivity index (χ3n) is 4.44. The highest BCUT2D eigenvalue weighted by Crippen LogP contribution is 2.25. The van der Waals surface area contributed by atoms with Crippen molar-refractivity contribution in [1.29, 1.82) is 0 Å². The molecule has 0 aliphatic carbocycles. The zero-order chi connectivity index (χ0) is 15.0. The van der Waals surface area contributed by atoms with Crippen molar-refractivity contribution in [2.45, 2.75) is 25.7 Å². The molecule has 1 aliphatic rings. The van der Waals surface area contributed by atoms with E-state index < -0.39 is 0 Å². The minimum atomic E-state index is 1.09. The fourth-order valence-electron chi connectivity index (χ4n) is 3.23. The third kappa shape index (κ3) is 4.11. The highest BCUT2D eigenvalue weighted by molar-refractivity contribution is 5.62. The summed E-state index contributed by atoms with van der Waals surface area (Å²) in [5.74, 6) is 0. The molecule has 116 valence electrons. The molecule has 0 bridgehead atoms. The van der Waals surface area contributed by atoms with Gasteiger partial charge in [0.2, 0.25) is 0 Å².